The first-order valence-electron chi connectivity index (χ1n) is 9.34. The first-order chi connectivity index (χ1) is 16.1. The summed E-state index contributed by atoms with van der Waals surface area (Å²) in [5, 5.41) is 24.5. The second kappa shape index (κ2) is 11.0. The second-order valence-corrected chi connectivity index (χ2v) is 9.13. The molecule has 0 saturated heterocycles. The second-order valence-electron chi connectivity index (χ2n) is 6.72. The van der Waals surface area contributed by atoms with Crippen molar-refractivity contribution in [2.75, 3.05) is 5.43 Å². The maximum Gasteiger partial charge on any atom is 0.416 e. The van der Waals surface area contributed by atoms with Gasteiger partial charge in [-0.25, -0.2) is 0 Å². The highest BCUT2D eigenvalue weighted by Gasteiger charge is 2.33. The third kappa shape index (κ3) is 6.35. The van der Waals surface area contributed by atoms with Crippen LogP contribution in [0.25, 0.3) is 0 Å². The van der Waals surface area contributed by atoms with Crippen molar-refractivity contribution in [2.24, 2.45) is 5.10 Å². The van der Waals surface area contributed by atoms with Gasteiger partial charge in [0.25, 0.3) is 5.69 Å². The Balaban J connectivity index is 1.86. The molecular weight excluding hydrogens is 679 g/mol. The van der Waals surface area contributed by atoms with Gasteiger partial charge in [-0.3, -0.25) is 15.5 Å². The van der Waals surface area contributed by atoms with Crippen molar-refractivity contribution in [1.29, 1.82) is 5.26 Å². The van der Waals surface area contributed by atoms with Gasteiger partial charge in [0.05, 0.1) is 31.9 Å². The van der Waals surface area contributed by atoms with E-state index in [0.717, 1.165) is 19.3 Å². The van der Waals surface area contributed by atoms with Crippen LogP contribution < -0.4 is 10.2 Å². The Bertz CT molecular complexity index is 1310. The molecule has 3 aromatic carbocycles. The highest BCUT2D eigenvalue weighted by atomic mass is 127. The van der Waals surface area contributed by atoms with E-state index in [4.69, 9.17) is 4.74 Å². The summed E-state index contributed by atoms with van der Waals surface area (Å²) in [6.07, 6.45) is -3.35. The van der Waals surface area contributed by atoms with E-state index in [2.05, 4.69) is 61.8 Å². The van der Waals surface area contributed by atoms with Crippen LogP contribution in [0.2, 0.25) is 0 Å². The van der Waals surface area contributed by atoms with Gasteiger partial charge in [0.2, 0.25) is 0 Å². The van der Waals surface area contributed by atoms with Crippen LogP contribution in [-0.4, -0.2) is 11.1 Å². The van der Waals surface area contributed by atoms with Gasteiger partial charge in [0.15, 0.2) is 0 Å². The topological polar surface area (TPSA) is 101 Å². The van der Waals surface area contributed by atoms with Crippen molar-refractivity contribution >= 4 is 62.8 Å². The smallest absolute Gasteiger partial charge is 0.416 e. The van der Waals surface area contributed by atoms with Crippen LogP contribution in [0.5, 0.6) is 5.75 Å². The summed E-state index contributed by atoms with van der Waals surface area (Å²) in [6, 6.07) is 14.9. The van der Waals surface area contributed by atoms with E-state index >= 15 is 0 Å². The van der Waals surface area contributed by atoms with Crippen LogP contribution in [0.3, 0.4) is 0 Å². The van der Waals surface area contributed by atoms with E-state index in [9.17, 15) is 28.5 Å². The van der Waals surface area contributed by atoms with Gasteiger partial charge in [-0.1, -0.05) is 18.2 Å². The zero-order valence-corrected chi connectivity index (χ0v) is 21.3. The Morgan fingerprint density at radius 2 is 1.91 bits per heavy atom. The lowest BCUT2D eigenvalue weighted by Crippen LogP contribution is -2.07. The molecule has 0 amide bonds. The lowest BCUT2D eigenvalue weighted by Gasteiger charge is -2.13. The molecule has 0 aliphatic rings. The number of ether oxygens (including phenoxy) is 1. The molecule has 3 aromatic rings. The molecule has 0 aliphatic carbocycles. The third-order valence-corrected chi connectivity index (χ3v) is 5.88. The third-order valence-electron chi connectivity index (χ3n) is 4.46. The van der Waals surface area contributed by atoms with E-state index in [-0.39, 0.29) is 12.3 Å². The molecular formula is C22H13F3I2N4O3. The first kappa shape index (κ1) is 25.7. The van der Waals surface area contributed by atoms with Crippen LogP contribution in [0.1, 0.15) is 22.3 Å². The zero-order chi connectivity index (χ0) is 24.9. The highest BCUT2D eigenvalue weighted by Crippen LogP contribution is 2.35. The number of hydrogen-bond donors (Lipinski definition) is 1. The van der Waals surface area contributed by atoms with Crippen molar-refractivity contribution < 1.29 is 22.8 Å². The van der Waals surface area contributed by atoms with Crippen LogP contribution in [0.4, 0.5) is 24.5 Å². The molecule has 0 aliphatic heterocycles. The largest absolute Gasteiger partial charge is 0.487 e. The Hall–Kier alpha value is -2.93. The lowest BCUT2D eigenvalue weighted by molar-refractivity contribution is -0.384. The number of alkyl halides is 3. The normalized spacial score (nSPS) is 11.3. The maximum absolute atomic E-state index is 12.9. The highest BCUT2D eigenvalue weighted by molar-refractivity contribution is 14.1. The Kier molecular flexibility index (Phi) is 8.31. The molecule has 0 atom stereocenters. The van der Waals surface area contributed by atoms with Gasteiger partial charge in [-0.15, -0.1) is 0 Å². The molecule has 0 fully saturated rings. The minimum Gasteiger partial charge on any atom is -0.487 e. The first-order valence-corrected chi connectivity index (χ1v) is 11.5. The number of nitriles is 1. The summed E-state index contributed by atoms with van der Waals surface area (Å²) < 4.78 is 46.3. The van der Waals surface area contributed by atoms with E-state index in [0.29, 0.717) is 28.5 Å². The number of anilines is 1. The van der Waals surface area contributed by atoms with Gasteiger partial charge in [0, 0.05) is 20.8 Å². The number of nitrogens with zero attached hydrogens (tertiary/aromatic N) is 3. The molecule has 0 radical (unpaired) electrons. The van der Waals surface area contributed by atoms with Crippen LogP contribution >= 0.6 is 45.2 Å². The standard InChI is InChI=1S/C22H13F3I2N4O3/c23-22(24,25)16-5-6-19(20(8-16)31(32)33)30-29-11-15-7-17(26)9-18(27)21(15)34-12-14-4-2-1-3-13(14)10-28/h1-9,11,30H,12H2/b29-11-. The van der Waals surface area contributed by atoms with Crippen molar-refractivity contribution in [1.82, 2.24) is 0 Å². The average molecular weight is 692 g/mol. The van der Waals surface area contributed by atoms with Crippen molar-refractivity contribution in [3.8, 4) is 11.8 Å². The van der Waals surface area contributed by atoms with E-state index in [1.54, 1.807) is 30.3 Å². The number of halogens is 5. The van der Waals surface area contributed by atoms with Gasteiger partial charge < -0.3 is 4.74 Å². The molecule has 1 N–H and O–H groups in total. The lowest BCUT2D eigenvalue weighted by atomic mass is 10.1. The average Bonchev–Trinajstić information content (AvgIpc) is 2.78. The molecule has 0 bridgehead atoms. The minimum atomic E-state index is -4.71. The predicted molar refractivity (Wildman–Crippen MR) is 137 cm³/mol. The fraction of sp³-hybridized carbons (Fsp3) is 0.0909. The van der Waals surface area contributed by atoms with Crippen LogP contribution in [0, 0.1) is 28.6 Å². The summed E-state index contributed by atoms with van der Waals surface area (Å²) in [7, 11) is 0. The van der Waals surface area contributed by atoms with Gasteiger partial charge in [0.1, 0.15) is 18.0 Å². The number of benzene rings is 3. The van der Waals surface area contributed by atoms with Gasteiger partial charge in [-0.2, -0.15) is 23.5 Å². The molecule has 34 heavy (non-hydrogen) atoms. The predicted octanol–water partition coefficient (Wildman–Crippen LogP) is 6.72. The Labute approximate surface area is 219 Å². The number of hydrogen-bond acceptors (Lipinski definition) is 6. The molecule has 3 rings (SSSR count). The molecule has 7 nitrogen and oxygen atoms in total. The van der Waals surface area contributed by atoms with Crippen molar-refractivity contribution in [3.05, 3.63) is 94.1 Å². The number of rotatable bonds is 7. The monoisotopic (exact) mass is 692 g/mol. The minimum absolute atomic E-state index is 0.124. The van der Waals surface area contributed by atoms with E-state index in [1.807, 2.05) is 6.07 Å². The molecule has 174 valence electrons. The Morgan fingerprint density at radius 1 is 1.18 bits per heavy atom. The van der Waals surface area contributed by atoms with Crippen molar-refractivity contribution in [3.63, 3.8) is 0 Å². The number of hydrazone groups is 1. The summed E-state index contributed by atoms with van der Waals surface area (Å²) >= 11 is 4.19. The van der Waals surface area contributed by atoms with Gasteiger partial charge in [-0.05, 0) is 75.5 Å². The fourth-order valence-electron chi connectivity index (χ4n) is 2.86. The molecule has 0 unspecified atom stereocenters. The van der Waals surface area contributed by atoms with Crippen LogP contribution in [0.15, 0.2) is 59.7 Å². The number of nitrogens with one attached hydrogen (secondary N) is 1. The summed E-state index contributed by atoms with van der Waals surface area (Å²) in [5.41, 5.74) is 2.07. The SMILES string of the molecule is N#Cc1ccccc1COc1c(I)cc(I)cc1/C=N\Nc1ccc(C(F)(F)F)cc1[N+](=O)[O-]. The molecule has 0 saturated carbocycles. The fourth-order valence-corrected chi connectivity index (χ4v) is 4.90. The molecule has 12 heteroatoms. The molecule has 0 spiro atoms. The van der Waals surface area contributed by atoms with E-state index < -0.39 is 22.4 Å². The van der Waals surface area contributed by atoms with Gasteiger partial charge >= 0.3 is 6.18 Å². The van der Waals surface area contributed by atoms with E-state index in [1.165, 1.54) is 6.21 Å². The van der Waals surface area contributed by atoms with Crippen LogP contribution in [-0.2, 0) is 12.8 Å². The number of nitro benzene ring substituents is 1. The number of nitro groups is 1. The zero-order valence-electron chi connectivity index (χ0n) is 16.9. The molecule has 0 heterocycles. The summed E-state index contributed by atoms with van der Waals surface area (Å²) in [6.45, 7) is 0.124. The Morgan fingerprint density at radius 3 is 2.59 bits per heavy atom. The van der Waals surface area contributed by atoms with Crippen molar-refractivity contribution in [2.45, 2.75) is 12.8 Å². The maximum atomic E-state index is 12.9. The quantitative estimate of drug-likeness (QED) is 0.128. The summed E-state index contributed by atoms with van der Waals surface area (Å²) in [4.78, 5) is 10.3. The summed E-state index contributed by atoms with van der Waals surface area (Å²) in [5.74, 6) is 0.473. The molecule has 0 aromatic heterocycles.